The first kappa shape index (κ1) is 8.60. The van der Waals surface area contributed by atoms with Crippen LogP contribution in [0.25, 0.3) is 5.57 Å². The third-order valence-electron chi connectivity index (χ3n) is 1.60. The molecule has 62 valence electrons. The lowest BCUT2D eigenvalue weighted by atomic mass is 10.1. The molecule has 0 saturated carbocycles. The van der Waals surface area contributed by atoms with Crippen LogP contribution in [0.4, 0.5) is 0 Å². The van der Waals surface area contributed by atoms with Gasteiger partial charge in [0.25, 0.3) is 0 Å². The van der Waals surface area contributed by atoms with Gasteiger partial charge in [0.2, 0.25) is 0 Å². The van der Waals surface area contributed by atoms with Crippen molar-refractivity contribution in [2.75, 3.05) is 7.05 Å². The molecule has 1 heteroatoms. The summed E-state index contributed by atoms with van der Waals surface area (Å²) in [5.74, 6) is 0. The quantitative estimate of drug-likeness (QED) is 0.668. The van der Waals surface area contributed by atoms with Gasteiger partial charge in [0.15, 0.2) is 0 Å². The molecule has 1 aromatic rings. The van der Waals surface area contributed by atoms with Gasteiger partial charge in [-0.05, 0) is 23.4 Å². The number of rotatable bonds is 3. The summed E-state index contributed by atoms with van der Waals surface area (Å²) in [4.78, 5) is 0. The van der Waals surface area contributed by atoms with Crippen molar-refractivity contribution in [3.63, 3.8) is 0 Å². The van der Waals surface area contributed by atoms with Crippen molar-refractivity contribution < 1.29 is 0 Å². The molecule has 0 heterocycles. The molecule has 1 nitrogen and oxygen atoms in total. The van der Waals surface area contributed by atoms with Crippen LogP contribution in [0.1, 0.15) is 5.56 Å². The van der Waals surface area contributed by atoms with E-state index in [-0.39, 0.29) is 0 Å². The van der Waals surface area contributed by atoms with Crippen LogP contribution >= 0.6 is 0 Å². The Morgan fingerprint density at radius 1 is 1.33 bits per heavy atom. The molecular weight excluding hydrogens is 146 g/mol. The molecule has 0 spiro atoms. The number of benzene rings is 1. The topological polar surface area (TPSA) is 12.0 Å². The van der Waals surface area contributed by atoms with E-state index < -0.39 is 0 Å². The van der Waals surface area contributed by atoms with Crippen LogP contribution in [0.5, 0.6) is 0 Å². The third-order valence-corrected chi connectivity index (χ3v) is 1.60. The predicted molar refractivity (Wildman–Crippen MR) is 53.7 cm³/mol. The van der Waals surface area contributed by atoms with E-state index in [4.69, 9.17) is 0 Å². The summed E-state index contributed by atoms with van der Waals surface area (Å²) in [5.41, 5.74) is 2.17. The van der Waals surface area contributed by atoms with Crippen molar-refractivity contribution >= 4 is 5.57 Å². The molecule has 0 amide bonds. The average molecular weight is 159 g/mol. The molecule has 0 aliphatic rings. The number of allylic oxidation sites excluding steroid dienone is 2. The molecule has 0 radical (unpaired) electrons. The minimum atomic E-state index is 1.02. The Labute approximate surface area is 73.4 Å². The van der Waals surface area contributed by atoms with E-state index in [0.29, 0.717) is 0 Å². The van der Waals surface area contributed by atoms with Gasteiger partial charge >= 0.3 is 0 Å². The number of hydrogen-bond donors (Lipinski definition) is 1. The highest BCUT2D eigenvalue weighted by atomic mass is 14.8. The van der Waals surface area contributed by atoms with Crippen molar-refractivity contribution in [1.82, 2.24) is 5.32 Å². The summed E-state index contributed by atoms with van der Waals surface area (Å²) in [5, 5.41) is 2.93. The lowest BCUT2D eigenvalue weighted by molar-refractivity contribution is 1.10. The van der Waals surface area contributed by atoms with Crippen LogP contribution in [-0.2, 0) is 0 Å². The third kappa shape index (κ3) is 2.27. The summed E-state index contributed by atoms with van der Waals surface area (Å²) in [6.07, 6.45) is 3.82. The molecule has 1 rings (SSSR count). The molecule has 1 N–H and O–H groups in total. The molecule has 0 unspecified atom stereocenters. The highest BCUT2D eigenvalue weighted by Gasteiger charge is 1.90. The Bertz CT molecular complexity index is 272. The summed E-state index contributed by atoms with van der Waals surface area (Å²) >= 11 is 0. The van der Waals surface area contributed by atoms with E-state index in [0.717, 1.165) is 11.1 Å². The Morgan fingerprint density at radius 2 is 2.00 bits per heavy atom. The fourth-order valence-corrected chi connectivity index (χ4v) is 0.932. The average Bonchev–Trinajstić information content (AvgIpc) is 2.15. The highest BCUT2D eigenvalue weighted by Crippen LogP contribution is 2.11. The van der Waals surface area contributed by atoms with Gasteiger partial charge < -0.3 is 5.32 Å². The lowest BCUT2D eigenvalue weighted by Gasteiger charge is -1.98. The molecule has 0 saturated heterocycles. The fourth-order valence-electron chi connectivity index (χ4n) is 0.932. The van der Waals surface area contributed by atoms with Crippen LogP contribution in [0.3, 0.4) is 0 Å². The fraction of sp³-hybridized carbons (Fsp3) is 0.0909. The second-order valence-electron chi connectivity index (χ2n) is 2.51. The first-order chi connectivity index (χ1) is 5.84. The molecular formula is C11H13N. The van der Waals surface area contributed by atoms with E-state index >= 15 is 0 Å². The molecule has 0 bridgehead atoms. The van der Waals surface area contributed by atoms with Crippen molar-refractivity contribution in [1.29, 1.82) is 0 Å². The van der Waals surface area contributed by atoms with Crippen molar-refractivity contribution in [3.05, 3.63) is 54.8 Å². The number of hydrogen-bond acceptors (Lipinski definition) is 1. The normalized spacial score (nSPS) is 10.1. The lowest BCUT2D eigenvalue weighted by Crippen LogP contribution is -1.91. The van der Waals surface area contributed by atoms with Crippen molar-refractivity contribution in [2.24, 2.45) is 0 Å². The molecule has 0 aliphatic carbocycles. The van der Waals surface area contributed by atoms with Crippen LogP contribution in [0.15, 0.2) is 49.2 Å². The SMILES string of the molecule is C=C(/C=C\NC)c1ccccc1. The van der Waals surface area contributed by atoms with Gasteiger partial charge in [0, 0.05) is 7.05 Å². The summed E-state index contributed by atoms with van der Waals surface area (Å²) in [6.45, 7) is 3.94. The number of nitrogens with one attached hydrogen (secondary N) is 1. The highest BCUT2D eigenvalue weighted by molar-refractivity contribution is 5.71. The van der Waals surface area contributed by atoms with Gasteiger partial charge in [0.05, 0.1) is 0 Å². The van der Waals surface area contributed by atoms with Gasteiger partial charge in [-0.25, -0.2) is 0 Å². The van der Waals surface area contributed by atoms with Gasteiger partial charge in [-0.15, -0.1) is 0 Å². The standard InChI is InChI=1S/C11H13N/c1-10(8-9-12-2)11-6-4-3-5-7-11/h3-9,12H,1H2,2H3/b9-8-. The van der Waals surface area contributed by atoms with Gasteiger partial charge in [-0.3, -0.25) is 0 Å². The predicted octanol–water partition coefficient (Wildman–Crippen LogP) is 2.43. The Hall–Kier alpha value is -1.50. The summed E-state index contributed by atoms with van der Waals surface area (Å²) in [7, 11) is 1.87. The minimum absolute atomic E-state index is 1.02. The Balaban J connectivity index is 2.72. The molecule has 0 aliphatic heterocycles. The van der Waals surface area contributed by atoms with E-state index in [1.807, 2.05) is 49.7 Å². The molecule has 12 heavy (non-hydrogen) atoms. The van der Waals surface area contributed by atoms with Gasteiger partial charge in [-0.2, -0.15) is 0 Å². The summed E-state index contributed by atoms with van der Waals surface area (Å²) in [6, 6.07) is 10.1. The van der Waals surface area contributed by atoms with E-state index in [1.165, 1.54) is 0 Å². The maximum atomic E-state index is 3.94. The van der Waals surface area contributed by atoms with Crippen LogP contribution in [0, 0.1) is 0 Å². The van der Waals surface area contributed by atoms with Crippen LogP contribution in [0.2, 0.25) is 0 Å². The van der Waals surface area contributed by atoms with Crippen molar-refractivity contribution in [3.8, 4) is 0 Å². The maximum absolute atomic E-state index is 3.94. The van der Waals surface area contributed by atoms with Gasteiger partial charge in [0.1, 0.15) is 0 Å². The Kier molecular flexibility index (Phi) is 3.15. The first-order valence-corrected chi connectivity index (χ1v) is 3.92. The Morgan fingerprint density at radius 3 is 2.58 bits per heavy atom. The largest absolute Gasteiger partial charge is 0.394 e. The van der Waals surface area contributed by atoms with Crippen LogP contribution in [-0.4, -0.2) is 7.05 Å². The van der Waals surface area contributed by atoms with E-state index in [9.17, 15) is 0 Å². The van der Waals surface area contributed by atoms with Crippen molar-refractivity contribution in [2.45, 2.75) is 0 Å². The van der Waals surface area contributed by atoms with E-state index in [2.05, 4.69) is 11.9 Å². The smallest absolute Gasteiger partial charge is 0.00277 e. The first-order valence-electron chi connectivity index (χ1n) is 3.92. The zero-order chi connectivity index (χ0) is 8.81. The molecule has 0 fully saturated rings. The zero-order valence-corrected chi connectivity index (χ0v) is 7.25. The molecule has 0 atom stereocenters. The monoisotopic (exact) mass is 159 g/mol. The molecule has 1 aromatic carbocycles. The zero-order valence-electron chi connectivity index (χ0n) is 7.25. The second kappa shape index (κ2) is 4.39. The van der Waals surface area contributed by atoms with Gasteiger partial charge in [-0.1, -0.05) is 36.9 Å². The molecule has 0 aromatic heterocycles. The maximum Gasteiger partial charge on any atom is 0.00277 e. The van der Waals surface area contributed by atoms with Crippen LogP contribution < -0.4 is 5.32 Å². The second-order valence-corrected chi connectivity index (χ2v) is 2.51. The minimum Gasteiger partial charge on any atom is -0.394 e. The summed E-state index contributed by atoms with van der Waals surface area (Å²) < 4.78 is 0. The van der Waals surface area contributed by atoms with E-state index in [1.54, 1.807) is 0 Å².